The molecule has 8 heteroatoms. The van der Waals surface area contributed by atoms with Crippen molar-refractivity contribution in [3.05, 3.63) is 63.1 Å². The van der Waals surface area contributed by atoms with E-state index in [1.54, 1.807) is 17.9 Å². The fraction of sp³-hybridized carbons (Fsp3) is 0.522. The van der Waals surface area contributed by atoms with Gasteiger partial charge in [-0.1, -0.05) is 44.2 Å². The Hall–Kier alpha value is -2.71. The molecule has 31 heavy (non-hydrogen) atoms. The largest absolute Gasteiger partial charge is 0.332 e. The number of benzene rings is 1. The Labute approximate surface area is 182 Å². The zero-order valence-electron chi connectivity index (χ0n) is 18.7. The molecule has 1 aliphatic heterocycles. The van der Waals surface area contributed by atoms with Crippen LogP contribution in [0, 0.1) is 5.92 Å². The Morgan fingerprint density at radius 2 is 1.65 bits per heavy atom. The van der Waals surface area contributed by atoms with Gasteiger partial charge in [0.2, 0.25) is 0 Å². The Bertz CT molecular complexity index is 1140. The van der Waals surface area contributed by atoms with Crippen LogP contribution in [0.1, 0.15) is 19.4 Å². The van der Waals surface area contributed by atoms with Gasteiger partial charge in [-0.2, -0.15) is 0 Å². The quantitative estimate of drug-likeness (QED) is 0.573. The van der Waals surface area contributed by atoms with Gasteiger partial charge < -0.3 is 4.57 Å². The van der Waals surface area contributed by atoms with E-state index in [1.807, 2.05) is 4.57 Å². The first-order valence-corrected chi connectivity index (χ1v) is 11.1. The van der Waals surface area contributed by atoms with Crippen molar-refractivity contribution >= 4 is 11.2 Å². The molecule has 0 spiro atoms. The van der Waals surface area contributed by atoms with Crippen molar-refractivity contribution in [1.82, 2.24) is 28.5 Å². The summed E-state index contributed by atoms with van der Waals surface area (Å²) in [5.74, 6) is 0.288. The molecule has 1 saturated heterocycles. The third kappa shape index (κ3) is 4.65. The molecule has 0 saturated carbocycles. The lowest BCUT2D eigenvalue weighted by molar-refractivity contribution is 0.124. The van der Waals surface area contributed by atoms with E-state index in [1.165, 1.54) is 10.1 Å². The van der Waals surface area contributed by atoms with Crippen LogP contribution >= 0.6 is 0 Å². The van der Waals surface area contributed by atoms with Crippen LogP contribution < -0.4 is 11.2 Å². The Kier molecular flexibility index (Phi) is 6.38. The molecule has 166 valence electrons. The van der Waals surface area contributed by atoms with Crippen LogP contribution in [0.4, 0.5) is 0 Å². The molecular weight excluding hydrogens is 392 g/mol. The number of piperazine rings is 1. The van der Waals surface area contributed by atoms with Gasteiger partial charge in [0.05, 0.1) is 6.33 Å². The van der Waals surface area contributed by atoms with E-state index in [0.29, 0.717) is 24.3 Å². The van der Waals surface area contributed by atoms with E-state index in [2.05, 4.69) is 59.0 Å². The molecule has 1 fully saturated rings. The van der Waals surface area contributed by atoms with Gasteiger partial charge in [0, 0.05) is 59.4 Å². The molecule has 2 aromatic heterocycles. The molecule has 1 aromatic carbocycles. The fourth-order valence-electron chi connectivity index (χ4n) is 4.27. The zero-order valence-corrected chi connectivity index (χ0v) is 18.7. The van der Waals surface area contributed by atoms with Crippen LogP contribution in [-0.4, -0.2) is 61.2 Å². The van der Waals surface area contributed by atoms with Crippen molar-refractivity contribution in [2.45, 2.75) is 33.5 Å². The fourth-order valence-corrected chi connectivity index (χ4v) is 4.27. The standard InChI is InChI=1S/C23H32N6O2/c1-18(2)15-29-21-20(22(30)25(3)23(29)31)28(17-24-21)14-13-26-9-11-27(12-10-26)16-19-7-5-4-6-8-19/h4-8,17-18H,9-16H2,1-3H3. The first kappa shape index (κ1) is 21.5. The topological polar surface area (TPSA) is 68.3 Å². The molecule has 3 heterocycles. The van der Waals surface area contributed by atoms with E-state index >= 15 is 0 Å². The third-order valence-corrected chi connectivity index (χ3v) is 6.02. The van der Waals surface area contributed by atoms with Crippen molar-refractivity contribution in [2.24, 2.45) is 13.0 Å². The molecular formula is C23H32N6O2. The van der Waals surface area contributed by atoms with Crippen LogP contribution in [0.5, 0.6) is 0 Å². The zero-order chi connectivity index (χ0) is 22.0. The normalized spacial score (nSPS) is 15.9. The molecule has 3 aromatic rings. The highest BCUT2D eigenvalue weighted by Gasteiger charge is 2.19. The first-order chi connectivity index (χ1) is 14.9. The summed E-state index contributed by atoms with van der Waals surface area (Å²) in [5.41, 5.74) is 1.79. The first-order valence-electron chi connectivity index (χ1n) is 11.1. The van der Waals surface area contributed by atoms with Crippen molar-refractivity contribution in [3.63, 3.8) is 0 Å². The predicted octanol–water partition coefficient (Wildman–Crippen LogP) is 1.37. The highest BCUT2D eigenvalue weighted by Crippen LogP contribution is 2.11. The maximum Gasteiger partial charge on any atom is 0.332 e. The summed E-state index contributed by atoms with van der Waals surface area (Å²) < 4.78 is 4.73. The highest BCUT2D eigenvalue weighted by atomic mass is 16.2. The van der Waals surface area contributed by atoms with Crippen molar-refractivity contribution < 1.29 is 0 Å². The van der Waals surface area contributed by atoms with E-state index in [0.717, 1.165) is 39.3 Å². The van der Waals surface area contributed by atoms with Gasteiger partial charge >= 0.3 is 5.69 Å². The van der Waals surface area contributed by atoms with Gasteiger partial charge in [-0.3, -0.25) is 23.7 Å². The summed E-state index contributed by atoms with van der Waals surface area (Å²) in [7, 11) is 1.55. The minimum atomic E-state index is -0.300. The summed E-state index contributed by atoms with van der Waals surface area (Å²) in [6.45, 7) is 11.3. The molecule has 0 bridgehead atoms. The maximum atomic E-state index is 12.8. The van der Waals surface area contributed by atoms with Gasteiger partial charge in [0.25, 0.3) is 5.56 Å². The van der Waals surface area contributed by atoms with E-state index in [9.17, 15) is 9.59 Å². The molecule has 0 N–H and O–H groups in total. The number of nitrogens with zero attached hydrogens (tertiary/aromatic N) is 6. The summed E-state index contributed by atoms with van der Waals surface area (Å²) >= 11 is 0. The van der Waals surface area contributed by atoms with E-state index < -0.39 is 0 Å². The number of fused-ring (bicyclic) bond motifs is 1. The third-order valence-electron chi connectivity index (χ3n) is 6.02. The van der Waals surface area contributed by atoms with Crippen LogP contribution in [0.15, 0.2) is 46.2 Å². The highest BCUT2D eigenvalue weighted by molar-refractivity contribution is 5.70. The molecule has 0 atom stereocenters. The lowest BCUT2D eigenvalue weighted by Gasteiger charge is -2.34. The van der Waals surface area contributed by atoms with Gasteiger partial charge in [0.15, 0.2) is 11.2 Å². The molecule has 0 unspecified atom stereocenters. The predicted molar refractivity (Wildman–Crippen MR) is 122 cm³/mol. The number of hydrogen-bond donors (Lipinski definition) is 0. The van der Waals surface area contributed by atoms with Gasteiger partial charge in [-0.15, -0.1) is 0 Å². The monoisotopic (exact) mass is 424 g/mol. The number of rotatable bonds is 7. The number of aromatic nitrogens is 4. The van der Waals surface area contributed by atoms with Crippen LogP contribution in [0.2, 0.25) is 0 Å². The molecule has 1 aliphatic rings. The summed E-state index contributed by atoms with van der Waals surface area (Å²) in [6, 6.07) is 10.6. The number of hydrogen-bond acceptors (Lipinski definition) is 5. The second kappa shape index (κ2) is 9.20. The van der Waals surface area contributed by atoms with Gasteiger partial charge in [-0.05, 0) is 11.5 Å². The minimum absolute atomic E-state index is 0.273. The Morgan fingerprint density at radius 1 is 0.968 bits per heavy atom. The molecule has 0 amide bonds. The molecule has 0 aliphatic carbocycles. The Balaban J connectivity index is 1.42. The van der Waals surface area contributed by atoms with Crippen LogP contribution in [0.3, 0.4) is 0 Å². The van der Waals surface area contributed by atoms with Crippen LogP contribution in [-0.2, 0) is 26.7 Å². The van der Waals surface area contributed by atoms with Crippen molar-refractivity contribution in [2.75, 3.05) is 32.7 Å². The second-order valence-corrected chi connectivity index (χ2v) is 8.86. The molecule has 0 radical (unpaired) electrons. The number of imidazole rings is 1. The van der Waals surface area contributed by atoms with Crippen LogP contribution in [0.25, 0.3) is 11.2 Å². The second-order valence-electron chi connectivity index (χ2n) is 8.86. The average molecular weight is 425 g/mol. The van der Waals surface area contributed by atoms with E-state index in [4.69, 9.17) is 0 Å². The molecule has 8 nitrogen and oxygen atoms in total. The smallest absolute Gasteiger partial charge is 0.323 e. The minimum Gasteiger partial charge on any atom is -0.323 e. The average Bonchev–Trinajstić information content (AvgIpc) is 3.19. The van der Waals surface area contributed by atoms with E-state index in [-0.39, 0.29) is 17.2 Å². The summed E-state index contributed by atoms with van der Waals surface area (Å²) in [6.07, 6.45) is 1.70. The maximum absolute atomic E-state index is 12.8. The van der Waals surface area contributed by atoms with Gasteiger partial charge in [-0.25, -0.2) is 9.78 Å². The summed E-state index contributed by atoms with van der Waals surface area (Å²) in [4.78, 5) is 34.7. The van der Waals surface area contributed by atoms with Crippen molar-refractivity contribution in [1.29, 1.82) is 0 Å². The van der Waals surface area contributed by atoms with Crippen molar-refractivity contribution in [3.8, 4) is 0 Å². The SMILES string of the molecule is CC(C)Cn1c(=O)n(C)c(=O)c2c1ncn2CCN1CCN(Cc2ccccc2)CC1. The molecule has 4 rings (SSSR count). The van der Waals surface area contributed by atoms with Gasteiger partial charge in [0.1, 0.15) is 0 Å². The lowest BCUT2D eigenvalue weighted by atomic mass is 10.2. The lowest BCUT2D eigenvalue weighted by Crippen LogP contribution is -2.46. The summed E-state index contributed by atoms with van der Waals surface area (Å²) in [5, 5.41) is 0. The Morgan fingerprint density at radius 3 is 2.32 bits per heavy atom.